The van der Waals surface area contributed by atoms with Crippen LogP contribution in [0, 0.1) is 5.92 Å². The van der Waals surface area contributed by atoms with Crippen molar-refractivity contribution >= 4 is 11.3 Å². The highest BCUT2D eigenvalue weighted by molar-refractivity contribution is 7.13. The summed E-state index contributed by atoms with van der Waals surface area (Å²) in [6, 6.07) is 7.00. The molecular formula is C17H23N3OS. The average Bonchev–Trinajstić information content (AvgIpc) is 3.30. The Labute approximate surface area is 135 Å². The fourth-order valence-electron chi connectivity index (χ4n) is 3.78. The van der Waals surface area contributed by atoms with Crippen LogP contribution in [0.1, 0.15) is 31.4 Å². The first-order valence-corrected chi connectivity index (χ1v) is 9.22. The van der Waals surface area contributed by atoms with Crippen LogP contribution in [0.15, 0.2) is 28.1 Å². The molecule has 1 unspecified atom stereocenters. The number of thiophene rings is 1. The van der Waals surface area contributed by atoms with Crippen LogP contribution in [0.4, 0.5) is 0 Å². The SMILES string of the molecule is c1csc(-c2cc(CN3CCC(C4CCCN4)CC3)no2)c1. The van der Waals surface area contributed by atoms with Crippen LogP contribution < -0.4 is 5.32 Å². The zero-order valence-electron chi connectivity index (χ0n) is 12.8. The van der Waals surface area contributed by atoms with Crippen molar-refractivity contribution in [2.45, 2.75) is 38.3 Å². The van der Waals surface area contributed by atoms with Crippen LogP contribution in [0.2, 0.25) is 0 Å². The first-order valence-electron chi connectivity index (χ1n) is 8.34. The number of hydrogen-bond donors (Lipinski definition) is 1. The third-order valence-electron chi connectivity index (χ3n) is 5.01. The molecule has 2 aliphatic heterocycles. The topological polar surface area (TPSA) is 41.3 Å². The molecule has 1 N–H and O–H groups in total. The number of nitrogens with one attached hydrogen (secondary N) is 1. The number of piperidine rings is 1. The van der Waals surface area contributed by atoms with Gasteiger partial charge in [0.2, 0.25) is 0 Å². The van der Waals surface area contributed by atoms with Gasteiger partial charge in [0.25, 0.3) is 0 Å². The summed E-state index contributed by atoms with van der Waals surface area (Å²) < 4.78 is 5.48. The summed E-state index contributed by atoms with van der Waals surface area (Å²) in [5, 5.41) is 9.97. The third-order valence-corrected chi connectivity index (χ3v) is 5.89. The van der Waals surface area contributed by atoms with Crippen LogP contribution in [-0.4, -0.2) is 35.7 Å². The summed E-state index contributed by atoms with van der Waals surface area (Å²) in [4.78, 5) is 3.67. The fourth-order valence-corrected chi connectivity index (χ4v) is 4.45. The van der Waals surface area contributed by atoms with Gasteiger partial charge in [0.15, 0.2) is 5.76 Å². The van der Waals surface area contributed by atoms with E-state index in [1.54, 1.807) is 11.3 Å². The van der Waals surface area contributed by atoms with Gasteiger partial charge in [0.05, 0.1) is 10.6 Å². The molecule has 22 heavy (non-hydrogen) atoms. The van der Waals surface area contributed by atoms with Crippen LogP contribution in [0.3, 0.4) is 0 Å². The molecular weight excluding hydrogens is 294 g/mol. The van der Waals surface area contributed by atoms with Crippen molar-refractivity contribution < 1.29 is 4.52 Å². The Kier molecular flexibility index (Phi) is 4.28. The zero-order valence-corrected chi connectivity index (χ0v) is 13.6. The zero-order chi connectivity index (χ0) is 14.8. The normalized spacial score (nSPS) is 24.1. The average molecular weight is 317 g/mol. The minimum absolute atomic E-state index is 0.777. The minimum Gasteiger partial charge on any atom is -0.355 e. The fraction of sp³-hybridized carbons (Fsp3) is 0.588. The maximum Gasteiger partial charge on any atom is 0.177 e. The lowest BCUT2D eigenvalue weighted by atomic mass is 9.88. The second-order valence-corrected chi connectivity index (χ2v) is 7.42. The van der Waals surface area contributed by atoms with Crippen LogP contribution in [0.25, 0.3) is 10.6 Å². The summed E-state index contributed by atoms with van der Waals surface area (Å²) in [5.41, 5.74) is 1.06. The van der Waals surface area contributed by atoms with E-state index in [9.17, 15) is 0 Å². The molecule has 2 aliphatic rings. The van der Waals surface area contributed by atoms with Gasteiger partial charge in [0, 0.05) is 18.7 Å². The monoisotopic (exact) mass is 317 g/mol. The predicted octanol–water partition coefficient (Wildman–Crippen LogP) is 3.37. The molecule has 0 aromatic carbocycles. The quantitative estimate of drug-likeness (QED) is 0.939. The lowest BCUT2D eigenvalue weighted by Gasteiger charge is -2.34. The van der Waals surface area contributed by atoms with Crippen molar-refractivity contribution in [2.75, 3.05) is 19.6 Å². The summed E-state index contributed by atoms with van der Waals surface area (Å²) in [6.45, 7) is 4.50. The highest BCUT2D eigenvalue weighted by Gasteiger charge is 2.28. The molecule has 2 aromatic heterocycles. The van der Waals surface area contributed by atoms with Crippen LogP contribution in [-0.2, 0) is 6.54 Å². The molecule has 4 nitrogen and oxygen atoms in total. The molecule has 2 aromatic rings. The molecule has 0 radical (unpaired) electrons. The molecule has 0 aliphatic carbocycles. The largest absolute Gasteiger partial charge is 0.355 e. The Hall–Kier alpha value is -1.17. The molecule has 1 atom stereocenters. The Balaban J connectivity index is 1.31. The lowest BCUT2D eigenvalue weighted by molar-refractivity contribution is 0.154. The summed E-state index contributed by atoms with van der Waals surface area (Å²) in [6.07, 6.45) is 5.36. The number of nitrogens with zero attached hydrogens (tertiary/aromatic N) is 2. The van der Waals surface area contributed by atoms with Gasteiger partial charge in [0.1, 0.15) is 0 Å². The van der Waals surface area contributed by atoms with E-state index in [1.165, 1.54) is 45.3 Å². The van der Waals surface area contributed by atoms with Gasteiger partial charge >= 0.3 is 0 Å². The molecule has 0 bridgehead atoms. The number of aromatic nitrogens is 1. The molecule has 0 spiro atoms. The van der Waals surface area contributed by atoms with Gasteiger partial charge in [-0.15, -0.1) is 11.3 Å². The standard InChI is InChI=1S/C17H23N3OS/c1-3-15(18-7-1)13-5-8-20(9-6-13)12-14-11-16(21-19-14)17-4-2-10-22-17/h2,4,10-11,13,15,18H,1,3,5-9,12H2. The second kappa shape index (κ2) is 6.52. The van der Waals surface area contributed by atoms with E-state index >= 15 is 0 Å². The highest BCUT2D eigenvalue weighted by atomic mass is 32.1. The second-order valence-electron chi connectivity index (χ2n) is 6.48. The summed E-state index contributed by atoms with van der Waals surface area (Å²) in [5.74, 6) is 1.77. The van der Waals surface area contributed by atoms with Gasteiger partial charge in [-0.3, -0.25) is 4.90 Å². The van der Waals surface area contributed by atoms with E-state index in [2.05, 4.69) is 32.9 Å². The number of hydrogen-bond acceptors (Lipinski definition) is 5. The highest BCUT2D eigenvalue weighted by Crippen LogP contribution is 2.28. The molecule has 5 heteroatoms. The van der Waals surface area contributed by atoms with E-state index in [1.807, 2.05) is 6.07 Å². The summed E-state index contributed by atoms with van der Waals surface area (Å²) in [7, 11) is 0. The van der Waals surface area contributed by atoms with Crippen LogP contribution >= 0.6 is 11.3 Å². The molecule has 0 amide bonds. The predicted molar refractivity (Wildman–Crippen MR) is 88.8 cm³/mol. The van der Waals surface area contributed by atoms with Crippen molar-refractivity contribution in [3.05, 3.63) is 29.3 Å². The maximum absolute atomic E-state index is 5.48. The van der Waals surface area contributed by atoms with E-state index < -0.39 is 0 Å². The van der Waals surface area contributed by atoms with Crippen molar-refractivity contribution in [3.8, 4) is 10.6 Å². The Morgan fingerprint density at radius 2 is 2.23 bits per heavy atom. The van der Waals surface area contributed by atoms with Crippen molar-refractivity contribution in [2.24, 2.45) is 5.92 Å². The molecule has 2 fully saturated rings. The summed E-state index contributed by atoms with van der Waals surface area (Å²) >= 11 is 1.70. The van der Waals surface area contributed by atoms with Gasteiger partial charge < -0.3 is 9.84 Å². The molecule has 2 saturated heterocycles. The van der Waals surface area contributed by atoms with Crippen molar-refractivity contribution in [1.82, 2.24) is 15.4 Å². The van der Waals surface area contributed by atoms with Crippen molar-refractivity contribution in [1.29, 1.82) is 0 Å². The number of rotatable bonds is 4. The molecule has 4 heterocycles. The maximum atomic E-state index is 5.48. The Bertz CT molecular complexity index is 581. The molecule has 0 saturated carbocycles. The molecule has 118 valence electrons. The smallest absolute Gasteiger partial charge is 0.177 e. The lowest BCUT2D eigenvalue weighted by Crippen LogP contribution is -2.40. The van der Waals surface area contributed by atoms with Crippen LogP contribution in [0.5, 0.6) is 0 Å². The Morgan fingerprint density at radius 3 is 2.95 bits per heavy atom. The first-order chi connectivity index (χ1) is 10.9. The van der Waals surface area contributed by atoms with Gasteiger partial charge in [-0.25, -0.2) is 0 Å². The van der Waals surface area contributed by atoms with E-state index in [0.29, 0.717) is 0 Å². The number of likely N-dealkylation sites (tertiary alicyclic amines) is 1. The van der Waals surface area contributed by atoms with Gasteiger partial charge in [-0.2, -0.15) is 0 Å². The van der Waals surface area contributed by atoms with Gasteiger partial charge in [-0.05, 0) is 62.7 Å². The minimum atomic E-state index is 0.777. The van der Waals surface area contributed by atoms with Gasteiger partial charge in [-0.1, -0.05) is 11.2 Å². The van der Waals surface area contributed by atoms with E-state index in [4.69, 9.17) is 4.52 Å². The molecule has 4 rings (SSSR count). The van der Waals surface area contributed by atoms with Crippen molar-refractivity contribution in [3.63, 3.8) is 0 Å². The first kappa shape index (κ1) is 14.4. The third kappa shape index (κ3) is 3.12. The van der Waals surface area contributed by atoms with E-state index in [-0.39, 0.29) is 0 Å². The Morgan fingerprint density at radius 1 is 1.32 bits per heavy atom. The van der Waals surface area contributed by atoms with E-state index in [0.717, 1.165) is 34.8 Å².